The second kappa shape index (κ2) is 3.24. The van der Waals surface area contributed by atoms with Gasteiger partial charge >= 0.3 is 0 Å². The SMILES string of the molecule is CCn1cnc(Cl)c(Cl)c1=O. The van der Waals surface area contributed by atoms with E-state index >= 15 is 0 Å². The van der Waals surface area contributed by atoms with E-state index in [0.29, 0.717) is 6.54 Å². The Morgan fingerprint density at radius 1 is 1.64 bits per heavy atom. The van der Waals surface area contributed by atoms with Crippen LogP contribution in [0.3, 0.4) is 0 Å². The summed E-state index contributed by atoms with van der Waals surface area (Å²) in [5.41, 5.74) is -0.297. The highest BCUT2D eigenvalue weighted by atomic mass is 35.5. The zero-order valence-electron chi connectivity index (χ0n) is 5.84. The predicted molar refractivity (Wildman–Crippen MR) is 44.2 cm³/mol. The second-order valence-electron chi connectivity index (χ2n) is 1.94. The Morgan fingerprint density at radius 3 is 2.82 bits per heavy atom. The molecule has 1 aromatic heterocycles. The molecular formula is C6H6Cl2N2O. The van der Waals surface area contributed by atoms with Gasteiger partial charge in [-0.05, 0) is 6.92 Å². The van der Waals surface area contributed by atoms with Gasteiger partial charge in [0.15, 0.2) is 5.15 Å². The molecule has 0 radical (unpaired) electrons. The van der Waals surface area contributed by atoms with Crippen LogP contribution in [0.4, 0.5) is 0 Å². The topological polar surface area (TPSA) is 34.9 Å². The summed E-state index contributed by atoms with van der Waals surface area (Å²) in [7, 11) is 0. The zero-order valence-corrected chi connectivity index (χ0v) is 7.35. The van der Waals surface area contributed by atoms with Crippen LogP contribution < -0.4 is 5.56 Å². The summed E-state index contributed by atoms with van der Waals surface area (Å²) < 4.78 is 1.38. The average Bonchev–Trinajstić information content (AvgIpc) is 2.01. The molecule has 0 N–H and O–H groups in total. The molecule has 3 nitrogen and oxygen atoms in total. The Kier molecular flexibility index (Phi) is 2.52. The Labute approximate surface area is 73.6 Å². The second-order valence-corrected chi connectivity index (χ2v) is 2.68. The third-order valence-corrected chi connectivity index (χ3v) is 2.00. The number of hydrogen-bond donors (Lipinski definition) is 0. The van der Waals surface area contributed by atoms with Crippen LogP contribution in [0.5, 0.6) is 0 Å². The van der Waals surface area contributed by atoms with Gasteiger partial charge in [-0.3, -0.25) is 9.36 Å². The number of aryl methyl sites for hydroxylation is 1. The van der Waals surface area contributed by atoms with Gasteiger partial charge in [0.25, 0.3) is 5.56 Å². The van der Waals surface area contributed by atoms with Crippen LogP contribution in [0.15, 0.2) is 11.1 Å². The maximum absolute atomic E-state index is 11.1. The smallest absolute Gasteiger partial charge is 0.273 e. The Morgan fingerprint density at radius 2 is 2.27 bits per heavy atom. The molecule has 0 spiro atoms. The van der Waals surface area contributed by atoms with Gasteiger partial charge in [-0.15, -0.1) is 0 Å². The highest BCUT2D eigenvalue weighted by Gasteiger charge is 2.04. The Balaban J connectivity index is 3.37. The molecule has 1 aromatic rings. The quantitative estimate of drug-likeness (QED) is 0.634. The molecule has 0 aliphatic carbocycles. The summed E-state index contributed by atoms with van der Waals surface area (Å²) in [4.78, 5) is 14.8. The van der Waals surface area contributed by atoms with E-state index < -0.39 is 0 Å². The van der Waals surface area contributed by atoms with E-state index in [2.05, 4.69) is 4.98 Å². The van der Waals surface area contributed by atoms with Crippen molar-refractivity contribution in [2.75, 3.05) is 0 Å². The molecular weight excluding hydrogens is 187 g/mol. The molecule has 0 saturated heterocycles. The van der Waals surface area contributed by atoms with E-state index in [1.165, 1.54) is 10.9 Å². The first kappa shape index (κ1) is 8.56. The summed E-state index contributed by atoms with van der Waals surface area (Å²) in [5, 5.41) is 0.0392. The van der Waals surface area contributed by atoms with Gasteiger partial charge in [-0.25, -0.2) is 4.98 Å². The minimum absolute atomic E-state index is 0.0176. The van der Waals surface area contributed by atoms with Crippen LogP contribution in [0.1, 0.15) is 6.92 Å². The molecule has 0 amide bonds. The maximum Gasteiger partial charge on any atom is 0.273 e. The van der Waals surface area contributed by atoms with Gasteiger partial charge in [-0.2, -0.15) is 0 Å². The number of hydrogen-bond acceptors (Lipinski definition) is 2. The lowest BCUT2D eigenvalue weighted by molar-refractivity contribution is 0.707. The van der Waals surface area contributed by atoms with Crippen molar-refractivity contribution >= 4 is 23.2 Å². The van der Waals surface area contributed by atoms with E-state index in [1.807, 2.05) is 6.92 Å². The van der Waals surface area contributed by atoms with Crippen LogP contribution in [-0.4, -0.2) is 9.55 Å². The average molecular weight is 193 g/mol. The Hall–Kier alpha value is -0.540. The lowest BCUT2D eigenvalue weighted by atomic mass is 10.6. The third-order valence-electron chi connectivity index (χ3n) is 1.28. The number of nitrogens with zero attached hydrogens (tertiary/aromatic N) is 2. The Bertz CT molecular complexity index is 321. The molecule has 1 heterocycles. The monoisotopic (exact) mass is 192 g/mol. The summed E-state index contributed by atoms with van der Waals surface area (Å²) in [6.45, 7) is 2.37. The van der Waals surface area contributed by atoms with E-state index in [9.17, 15) is 4.79 Å². The zero-order chi connectivity index (χ0) is 8.43. The highest BCUT2D eigenvalue weighted by molar-refractivity contribution is 6.40. The molecule has 5 heteroatoms. The van der Waals surface area contributed by atoms with Crippen molar-refractivity contribution in [3.8, 4) is 0 Å². The summed E-state index contributed by atoms with van der Waals surface area (Å²) >= 11 is 11.0. The highest BCUT2D eigenvalue weighted by Crippen LogP contribution is 2.12. The van der Waals surface area contributed by atoms with Crippen LogP contribution in [0.25, 0.3) is 0 Å². The molecule has 60 valence electrons. The molecule has 0 aromatic carbocycles. The van der Waals surface area contributed by atoms with E-state index in [4.69, 9.17) is 23.2 Å². The van der Waals surface area contributed by atoms with Crippen molar-refractivity contribution in [2.45, 2.75) is 13.5 Å². The van der Waals surface area contributed by atoms with Crippen molar-refractivity contribution in [3.05, 3.63) is 26.9 Å². The molecule has 0 saturated carbocycles. The van der Waals surface area contributed by atoms with Crippen LogP contribution >= 0.6 is 23.2 Å². The summed E-state index contributed by atoms with van der Waals surface area (Å²) in [5.74, 6) is 0. The maximum atomic E-state index is 11.1. The van der Waals surface area contributed by atoms with Gasteiger partial charge < -0.3 is 0 Å². The molecule has 0 atom stereocenters. The minimum Gasteiger partial charge on any atom is -0.298 e. The van der Waals surface area contributed by atoms with Gasteiger partial charge in [-0.1, -0.05) is 23.2 Å². The normalized spacial score (nSPS) is 10.1. The first-order valence-corrected chi connectivity index (χ1v) is 3.82. The standard InChI is InChI=1S/C6H6Cl2N2O/c1-2-10-3-9-5(8)4(7)6(10)11/h3H,2H2,1H3. The van der Waals surface area contributed by atoms with Crippen molar-refractivity contribution < 1.29 is 0 Å². The fourth-order valence-corrected chi connectivity index (χ4v) is 0.951. The van der Waals surface area contributed by atoms with E-state index in [1.54, 1.807) is 0 Å². The molecule has 0 aliphatic heterocycles. The van der Waals surface area contributed by atoms with Crippen LogP contribution in [0.2, 0.25) is 10.2 Å². The number of halogens is 2. The van der Waals surface area contributed by atoms with Gasteiger partial charge in [0.2, 0.25) is 0 Å². The van der Waals surface area contributed by atoms with Crippen LogP contribution in [0, 0.1) is 0 Å². The lowest BCUT2D eigenvalue weighted by Crippen LogP contribution is -2.19. The molecule has 1 rings (SSSR count). The number of rotatable bonds is 1. The fourth-order valence-electron chi connectivity index (χ4n) is 0.669. The molecule has 0 bridgehead atoms. The van der Waals surface area contributed by atoms with Gasteiger partial charge in [0, 0.05) is 6.54 Å². The molecule has 0 aliphatic rings. The first-order valence-electron chi connectivity index (χ1n) is 3.07. The van der Waals surface area contributed by atoms with Gasteiger partial charge in [0.1, 0.15) is 5.02 Å². The minimum atomic E-state index is -0.297. The van der Waals surface area contributed by atoms with Crippen molar-refractivity contribution in [2.24, 2.45) is 0 Å². The number of aromatic nitrogens is 2. The van der Waals surface area contributed by atoms with E-state index in [0.717, 1.165) is 0 Å². The van der Waals surface area contributed by atoms with Crippen molar-refractivity contribution in [3.63, 3.8) is 0 Å². The fraction of sp³-hybridized carbons (Fsp3) is 0.333. The van der Waals surface area contributed by atoms with E-state index in [-0.39, 0.29) is 15.7 Å². The van der Waals surface area contributed by atoms with Crippen molar-refractivity contribution in [1.82, 2.24) is 9.55 Å². The molecule has 0 unspecified atom stereocenters. The lowest BCUT2D eigenvalue weighted by Gasteiger charge is -2.00. The first-order chi connectivity index (χ1) is 5.16. The van der Waals surface area contributed by atoms with Crippen LogP contribution in [-0.2, 0) is 6.54 Å². The largest absolute Gasteiger partial charge is 0.298 e. The third kappa shape index (κ3) is 1.54. The summed E-state index contributed by atoms with van der Waals surface area (Å²) in [6, 6.07) is 0. The van der Waals surface area contributed by atoms with Crippen molar-refractivity contribution in [1.29, 1.82) is 0 Å². The molecule has 0 fully saturated rings. The predicted octanol–water partition coefficient (Wildman–Crippen LogP) is 1.57. The van der Waals surface area contributed by atoms with Gasteiger partial charge in [0.05, 0.1) is 6.33 Å². The molecule has 11 heavy (non-hydrogen) atoms. The summed E-state index contributed by atoms with van der Waals surface area (Å²) in [6.07, 6.45) is 1.37.